The van der Waals surface area contributed by atoms with Gasteiger partial charge in [-0.25, -0.2) is 4.79 Å². The summed E-state index contributed by atoms with van der Waals surface area (Å²) in [6.45, 7) is 5.85. The van der Waals surface area contributed by atoms with Crippen LogP contribution in [0.2, 0.25) is 0 Å². The number of rotatable bonds is 7. The minimum absolute atomic E-state index is 0.192. The van der Waals surface area contributed by atoms with Crippen LogP contribution < -0.4 is 10.1 Å². The molecule has 2 aromatic rings. The molecule has 0 atom stereocenters. The van der Waals surface area contributed by atoms with Gasteiger partial charge in [0.1, 0.15) is 10.8 Å². The number of carbonyl (C=O) groups is 2. The first-order chi connectivity index (χ1) is 11.5. The maximum absolute atomic E-state index is 11.9. The van der Waals surface area contributed by atoms with Crippen molar-refractivity contribution in [2.24, 2.45) is 0 Å². The highest BCUT2D eigenvalue weighted by Gasteiger charge is 2.12. The second kappa shape index (κ2) is 8.39. The quantitative estimate of drug-likeness (QED) is 0.773. The van der Waals surface area contributed by atoms with Crippen molar-refractivity contribution in [3.63, 3.8) is 0 Å². The van der Waals surface area contributed by atoms with E-state index < -0.39 is 5.97 Å². The van der Waals surface area contributed by atoms with Gasteiger partial charge in [0.2, 0.25) is 5.13 Å². The van der Waals surface area contributed by atoms with Gasteiger partial charge in [-0.1, -0.05) is 31.3 Å². The molecule has 0 fully saturated rings. The lowest BCUT2D eigenvalue weighted by Gasteiger charge is -2.07. The zero-order chi connectivity index (χ0) is 17.5. The lowest BCUT2D eigenvalue weighted by molar-refractivity contribution is -0.118. The summed E-state index contributed by atoms with van der Waals surface area (Å²) in [5, 5.41) is 11.8. The van der Waals surface area contributed by atoms with Crippen molar-refractivity contribution >= 4 is 28.3 Å². The second-order valence-electron chi connectivity index (χ2n) is 5.19. The summed E-state index contributed by atoms with van der Waals surface area (Å²) in [7, 11) is 0. The van der Waals surface area contributed by atoms with Crippen molar-refractivity contribution in [3.05, 3.63) is 34.8 Å². The first-order valence-corrected chi connectivity index (χ1v) is 8.34. The van der Waals surface area contributed by atoms with Crippen LogP contribution in [0.1, 0.15) is 42.1 Å². The molecule has 1 aromatic heterocycles. The van der Waals surface area contributed by atoms with Crippen molar-refractivity contribution in [2.75, 3.05) is 18.5 Å². The standard InChI is InChI=1S/C16H19N3O4S/c1-4-22-15(21)11-6-5-7-12(8-11)23-9-13(20)17-16-19-18-14(24-16)10(2)3/h5-8,10H,4,9H2,1-3H3,(H,17,19,20). The zero-order valence-corrected chi connectivity index (χ0v) is 14.6. The van der Waals surface area contributed by atoms with E-state index in [4.69, 9.17) is 9.47 Å². The molecular formula is C16H19N3O4S. The van der Waals surface area contributed by atoms with Crippen LogP contribution >= 0.6 is 11.3 Å². The van der Waals surface area contributed by atoms with Crippen molar-refractivity contribution in [1.29, 1.82) is 0 Å². The van der Waals surface area contributed by atoms with Gasteiger partial charge in [0.05, 0.1) is 12.2 Å². The van der Waals surface area contributed by atoms with Gasteiger partial charge in [-0.3, -0.25) is 10.1 Å². The molecule has 0 radical (unpaired) electrons. The van der Waals surface area contributed by atoms with Gasteiger partial charge in [-0.05, 0) is 25.1 Å². The number of aromatic nitrogens is 2. The van der Waals surface area contributed by atoms with Gasteiger partial charge in [-0.2, -0.15) is 0 Å². The van der Waals surface area contributed by atoms with E-state index in [0.29, 0.717) is 23.1 Å². The third-order valence-electron chi connectivity index (χ3n) is 2.90. The van der Waals surface area contributed by atoms with E-state index in [2.05, 4.69) is 15.5 Å². The fraction of sp³-hybridized carbons (Fsp3) is 0.375. The van der Waals surface area contributed by atoms with Crippen LogP contribution in [0.3, 0.4) is 0 Å². The Balaban J connectivity index is 1.89. The van der Waals surface area contributed by atoms with Crippen molar-refractivity contribution in [1.82, 2.24) is 10.2 Å². The first-order valence-electron chi connectivity index (χ1n) is 7.52. The number of carbonyl (C=O) groups excluding carboxylic acids is 2. The van der Waals surface area contributed by atoms with E-state index in [9.17, 15) is 9.59 Å². The van der Waals surface area contributed by atoms with Gasteiger partial charge in [0.15, 0.2) is 6.61 Å². The predicted octanol–water partition coefficient (Wildman–Crippen LogP) is 2.86. The molecule has 24 heavy (non-hydrogen) atoms. The number of amides is 1. The van der Waals surface area contributed by atoms with Crippen LogP contribution in [0, 0.1) is 0 Å². The van der Waals surface area contributed by atoms with E-state index in [-0.39, 0.29) is 18.4 Å². The molecule has 0 aliphatic carbocycles. The Morgan fingerprint density at radius 3 is 2.75 bits per heavy atom. The van der Waals surface area contributed by atoms with Crippen LogP contribution in [0.15, 0.2) is 24.3 Å². The summed E-state index contributed by atoms with van der Waals surface area (Å²) in [6.07, 6.45) is 0. The summed E-state index contributed by atoms with van der Waals surface area (Å²) in [4.78, 5) is 23.6. The van der Waals surface area contributed by atoms with E-state index in [1.54, 1.807) is 25.1 Å². The largest absolute Gasteiger partial charge is 0.484 e. The molecule has 0 aliphatic rings. The molecule has 0 bridgehead atoms. The highest BCUT2D eigenvalue weighted by molar-refractivity contribution is 7.15. The van der Waals surface area contributed by atoms with E-state index in [0.717, 1.165) is 5.01 Å². The molecule has 128 valence electrons. The summed E-state index contributed by atoms with van der Waals surface area (Å²) < 4.78 is 10.3. The fourth-order valence-electron chi connectivity index (χ4n) is 1.75. The SMILES string of the molecule is CCOC(=O)c1cccc(OCC(=O)Nc2nnc(C(C)C)s2)c1. The molecule has 1 heterocycles. The van der Waals surface area contributed by atoms with E-state index in [1.807, 2.05) is 13.8 Å². The maximum Gasteiger partial charge on any atom is 0.338 e. The summed E-state index contributed by atoms with van der Waals surface area (Å²) in [6, 6.07) is 6.49. The number of hydrogen-bond donors (Lipinski definition) is 1. The molecule has 0 aliphatic heterocycles. The minimum Gasteiger partial charge on any atom is -0.484 e. The number of hydrogen-bond acceptors (Lipinski definition) is 7. The average molecular weight is 349 g/mol. The molecule has 2 rings (SSSR count). The highest BCUT2D eigenvalue weighted by atomic mass is 32.1. The van der Waals surface area contributed by atoms with Crippen molar-refractivity contribution < 1.29 is 19.1 Å². The van der Waals surface area contributed by atoms with Gasteiger partial charge >= 0.3 is 5.97 Å². The molecule has 0 spiro atoms. The van der Waals surface area contributed by atoms with Gasteiger partial charge in [0.25, 0.3) is 5.91 Å². The summed E-state index contributed by atoms with van der Waals surface area (Å²) in [5.74, 6) is -0.101. The number of esters is 1. The number of anilines is 1. The number of nitrogens with zero attached hydrogens (tertiary/aromatic N) is 2. The lowest BCUT2D eigenvalue weighted by atomic mass is 10.2. The monoisotopic (exact) mass is 349 g/mol. The smallest absolute Gasteiger partial charge is 0.338 e. The molecule has 0 unspecified atom stereocenters. The molecule has 1 N–H and O–H groups in total. The molecular weight excluding hydrogens is 330 g/mol. The molecule has 7 nitrogen and oxygen atoms in total. The summed E-state index contributed by atoms with van der Waals surface area (Å²) >= 11 is 1.33. The first kappa shape index (κ1) is 17.9. The van der Waals surface area contributed by atoms with Crippen molar-refractivity contribution in [2.45, 2.75) is 26.7 Å². The van der Waals surface area contributed by atoms with Gasteiger partial charge in [0, 0.05) is 5.92 Å². The van der Waals surface area contributed by atoms with E-state index >= 15 is 0 Å². The van der Waals surface area contributed by atoms with Crippen LogP contribution in [0.25, 0.3) is 0 Å². The minimum atomic E-state index is -0.428. The van der Waals surface area contributed by atoms with Crippen molar-refractivity contribution in [3.8, 4) is 5.75 Å². The van der Waals surface area contributed by atoms with E-state index in [1.165, 1.54) is 17.4 Å². The topological polar surface area (TPSA) is 90.4 Å². The number of benzene rings is 1. The molecule has 0 saturated carbocycles. The molecule has 0 saturated heterocycles. The van der Waals surface area contributed by atoms with Gasteiger partial charge < -0.3 is 9.47 Å². The Morgan fingerprint density at radius 1 is 1.29 bits per heavy atom. The Morgan fingerprint density at radius 2 is 2.08 bits per heavy atom. The number of nitrogens with one attached hydrogen (secondary N) is 1. The van der Waals surface area contributed by atoms with Crippen LogP contribution in [-0.2, 0) is 9.53 Å². The lowest BCUT2D eigenvalue weighted by Crippen LogP contribution is -2.20. The molecule has 1 aromatic carbocycles. The Labute approximate surface area is 144 Å². The predicted molar refractivity (Wildman–Crippen MR) is 90.5 cm³/mol. The highest BCUT2D eigenvalue weighted by Crippen LogP contribution is 2.22. The number of ether oxygens (including phenoxy) is 2. The maximum atomic E-state index is 11.9. The molecule has 8 heteroatoms. The second-order valence-corrected chi connectivity index (χ2v) is 6.19. The Kier molecular flexibility index (Phi) is 6.25. The normalized spacial score (nSPS) is 10.5. The summed E-state index contributed by atoms with van der Waals surface area (Å²) in [5.41, 5.74) is 0.375. The van der Waals surface area contributed by atoms with Gasteiger partial charge in [-0.15, -0.1) is 10.2 Å². The molecule has 1 amide bonds. The fourth-order valence-corrected chi connectivity index (χ4v) is 2.51. The van der Waals surface area contributed by atoms with Crippen LogP contribution in [0.4, 0.5) is 5.13 Å². The Hall–Kier alpha value is -2.48. The van der Waals surface area contributed by atoms with Crippen LogP contribution in [0.5, 0.6) is 5.75 Å². The average Bonchev–Trinajstić information content (AvgIpc) is 3.02. The third kappa shape index (κ3) is 5.02. The van der Waals surface area contributed by atoms with Crippen LogP contribution in [-0.4, -0.2) is 35.3 Å². The third-order valence-corrected chi connectivity index (χ3v) is 4.04. The Bertz CT molecular complexity index is 715. The zero-order valence-electron chi connectivity index (χ0n) is 13.7.